The highest BCUT2D eigenvalue weighted by Crippen LogP contribution is 2.33. The summed E-state index contributed by atoms with van der Waals surface area (Å²) in [7, 11) is 5.02. The van der Waals surface area contributed by atoms with Crippen LogP contribution in [-0.4, -0.2) is 44.1 Å². The Morgan fingerprint density at radius 2 is 1.85 bits per heavy atom. The molecule has 0 amide bonds. The normalized spacial score (nSPS) is 9.40. The SMILES string of the molecule is CNc1ncnc2cc(OC)c(OC)cc12.NCC=O. The monoisotopic (exact) mass is 278 g/mol. The molecule has 1 heterocycles. The maximum Gasteiger partial charge on any atom is 0.162 e. The van der Waals surface area contributed by atoms with Crippen molar-refractivity contribution in [3.63, 3.8) is 0 Å². The molecule has 0 fully saturated rings. The molecule has 0 unspecified atom stereocenters. The second-order valence-corrected chi connectivity index (χ2v) is 3.60. The lowest BCUT2D eigenvalue weighted by molar-refractivity contribution is -0.106. The minimum absolute atomic E-state index is 0.139. The van der Waals surface area contributed by atoms with Crippen molar-refractivity contribution in [3.05, 3.63) is 18.5 Å². The summed E-state index contributed by atoms with van der Waals surface area (Å²) >= 11 is 0. The average Bonchev–Trinajstić information content (AvgIpc) is 2.52. The van der Waals surface area contributed by atoms with Gasteiger partial charge in [-0.15, -0.1) is 0 Å². The van der Waals surface area contributed by atoms with Gasteiger partial charge in [0.15, 0.2) is 11.5 Å². The number of rotatable bonds is 4. The standard InChI is InChI=1S/C11H13N3O2.C2H5NO/c1-12-11-7-4-9(15-2)10(16-3)5-8(7)13-6-14-11;3-1-2-4/h4-6H,1-3H3,(H,12,13,14);2H,1,3H2. The van der Waals surface area contributed by atoms with Gasteiger partial charge in [0.25, 0.3) is 0 Å². The van der Waals surface area contributed by atoms with E-state index in [9.17, 15) is 0 Å². The Hall–Kier alpha value is -2.41. The van der Waals surface area contributed by atoms with Gasteiger partial charge in [-0.1, -0.05) is 0 Å². The third-order valence-corrected chi connectivity index (χ3v) is 2.47. The molecule has 0 atom stereocenters. The molecule has 0 saturated heterocycles. The van der Waals surface area contributed by atoms with Gasteiger partial charge in [-0.3, -0.25) is 0 Å². The Bertz CT molecular complexity index is 575. The summed E-state index contributed by atoms with van der Waals surface area (Å²) in [6, 6.07) is 3.69. The highest BCUT2D eigenvalue weighted by atomic mass is 16.5. The van der Waals surface area contributed by atoms with Gasteiger partial charge < -0.3 is 25.3 Å². The van der Waals surface area contributed by atoms with Crippen LogP contribution in [0.15, 0.2) is 18.5 Å². The Balaban J connectivity index is 0.000000444. The zero-order valence-electron chi connectivity index (χ0n) is 11.7. The number of hydrogen-bond donors (Lipinski definition) is 2. The van der Waals surface area contributed by atoms with Crippen molar-refractivity contribution >= 4 is 23.0 Å². The van der Waals surface area contributed by atoms with Gasteiger partial charge in [0, 0.05) is 25.0 Å². The third kappa shape index (κ3) is 3.55. The molecular weight excluding hydrogens is 260 g/mol. The minimum atomic E-state index is 0.139. The van der Waals surface area contributed by atoms with E-state index in [1.807, 2.05) is 19.2 Å². The number of carbonyl (C=O) groups is 1. The van der Waals surface area contributed by atoms with Crippen molar-refractivity contribution in [2.45, 2.75) is 0 Å². The number of aromatic nitrogens is 2. The van der Waals surface area contributed by atoms with Crippen molar-refractivity contribution in [2.24, 2.45) is 5.73 Å². The summed E-state index contributed by atoms with van der Waals surface area (Å²) in [5, 5.41) is 3.92. The number of ether oxygens (including phenoxy) is 2. The van der Waals surface area contributed by atoms with Gasteiger partial charge in [-0.25, -0.2) is 9.97 Å². The number of nitrogens with zero attached hydrogens (tertiary/aromatic N) is 2. The molecule has 7 nitrogen and oxygen atoms in total. The number of benzene rings is 1. The Morgan fingerprint density at radius 3 is 2.35 bits per heavy atom. The fourth-order valence-electron chi connectivity index (χ4n) is 1.58. The lowest BCUT2D eigenvalue weighted by Gasteiger charge is -2.10. The highest BCUT2D eigenvalue weighted by Gasteiger charge is 2.09. The van der Waals surface area contributed by atoms with Crippen molar-refractivity contribution in [1.82, 2.24) is 9.97 Å². The van der Waals surface area contributed by atoms with Crippen molar-refractivity contribution in [1.29, 1.82) is 0 Å². The van der Waals surface area contributed by atoms with Gasteiger partial charge in [-0.2, -0.15) is 0 Å². The van der Waals surface area contributed by atoms with E-state index in [1.54, 1.807) is 14.2 Å². The van der Waals surface area contributed by atoms with E-state index in [0.717, 1.165) is 16.7 Å². The Labute approximate surface area is 117 Å². The molecule has 108 valence electrons. The summed E-state index contributed by atoms with van der Waals surface area (Å²) < 4.78 is 10.4. The summed E-state index contributed by atoms with van der Waals surface area (Å²) in [5.74, 6) is 2.10. The van der Waals surface area contributed by atoms with Gasteiger partial charge in [-0.05, 0) is 6.07 Å². The van der Waals surface area contributed by atoms with Crippen LogP contribution in [0.3, 0.4) is 0 Å². The van der Waals surface area contributed by atoms with E-state index < -0.39 is 0 Å². The topological polar surface area (TPSA) is 99.4 Å². The molecule has 2 aromatic rings. The first kappa shape index (κ1) is 15.6. The van der Waals surface area contributed by atoms with Gasteiger partial charge in [0.1, 0.15) is 18.4 Å². The first-order valence-corrected chi connectivity index (χ1v) is 5.90. The largest absolute Gasteiger partial charge is 0.493 e. The van der Waals surface area contributed by atoms with Crippen LogP contribution in [0.2, 0.25) is 0 Å². The lowest BCUT2D eigenvalue weighted by Crippen LogP contribution is -1.97. The van der Waals surface area contributed by atoms with Gasteiger partial charge in [0.05, 0.1) is 19.7 Å². The molecule has 0 aliphatic carbocycles. The predicted octanol–water partition coefficient (Wildman–Crippen LogP) is 0.833. The summed E-state index contributed by atoms with van der Waals surface area (Å²) in [5.41, 5.74) is 5.48. The molecule has 0 aliphatic heterocycles. The summed E-state index contributed by atoms with van der Waals surface area (Å²) in [4.78, 5) is 17.4. The fraction of sp³-hybridized carbons (Fsp3) is 0.308. The Kier molecular flexibility index (Phi) is 6.18. The number of aldehydes is 1. The van der Waals surface area contributed by atoms with Gasteiger partial charge >= 0.3 is 0 Å². The van der Waals surface area contributed by atoms with E-state index in [1.165, 1.54) is 6.33 Å². The quantitative estimate of drug-likeness (QED) is 0.799. The van der Waals surface area contributed by atoms with E-state index in [0.29, 0.717) is 17.8 Å². The van der Waals surface area contributed by atoms with E-state index in [2.05, 4.69) is 21.0 Å². The third-order valence-electron chi connectivity index (χ3n) is 2.47. The number of nitrogens with two attached hydrogens (primary N) is 1. The number of anilines is 1. The van der Waals surface area contributed by atoms with Crippen molar-refractivity contribution in [2.75, 3.05) is 33.1 Å². The lowest BCUT2D eigenvalue weighted by atomic mass is 10.2. The molecule has 0 spiro atoms. The number of fused-ring (bicyclic) bond motifs is 1. The highest BCUT2D eigenvalue weighted by molar-refractivity contribution is 5.91. The number of hydrogen-bond acceptors (Lipinski definition) is 7. The molecule has 2 rings (SSSR count). The van der Waals surface area contributed by atoms with Gasteiger partial charge in [0.2, 0.25) is 0 Å². The van der Waals surface area contributed by atoms with E-state index in [4.69, 9.17) is 14.3 Å². The smallest absolute Gasteiger partial charge is 0.162 e. The molecule has 0 saturated carbocycles. The summed E-state index contributed by atoms with van der Waals surface area (Å²) in [6.07, 6.45) is 2.17. The second kappa shape index (κ2) is 7.90. The number of nitrogens with one attached hydrogen (secondary N) is 1. The second-order valence-electron chi connectivity index (χ2n) is 3.60. The molecule has 7 heteroatoms. The maximum absolute atomic E-state index is 9.05. The van der Waals surface area contributed by atoms with Crippen molar-refractivity contribution in [3.8, 4) is 11.5 Å². The van der Waals surface area contributed by atoms with Crippen LogP contribution in [0.25, 0.3) is 10.9 Å². The molecule has 1 aromatic heterocycles. The molecule has 1 aromatic carbocycles. The van der Waals surface area contributed by atoms with Crippen LogP contribution >= 0.6 is 0 Å². The molecular formula is C13H18N4O3. The summed E-state index contributed by atoms with van der Waals surface area (Å²) in [6.45, 7) is 0.139. The zero-order chi connectivity index (χ0) is 15.0. The van der Waals surface area contributed by atoms with Crippen LogP contribution in [0.1, 0.15) is 0 Å². The van der Waals surface area contributed by atoms with Crippen LogP contribution in [0.4, 0.5) is 5.82 Å². The molecule has 3 N–H and O–H groups in total. The van der Waals surface area contributed by atoms with Crippen molar-refractivity contribution < 1.29 is 14.3 Å². The molecule has 0 bridgehead atoms. The number of carbonyl (C=O) groups excluding carboxylic acids is 1. The zero-order valence-corrected chi connectivity index (χ0v) is 11.7. The first-order chi connectivity index (χ1) is 9.71. The molecule has 0 radical (unpaired) electrons. The van der Waals surface area contributed by atoms with E-state index in [-0.39, 0.29) is 6.54 Å². The Morgan fingerprint density at radius 1 is 1.25 bits per heavy atom. The van der Waals surface area contributed by atoms with E-state index >= 15 is 0 Å². The van der Waals surface area contributed by atoms with Crippen LogP contribution in [0.5, 0.6) is 11.5 Å². The number of methoxy groups -OCH3 is 2. The minimum Gasteiger partial charge on any atom is -0.493 e. The average molecular weight is 278 g/mol. The predicted molar refractivity (Wildman–Crippen MR) is 77.3 cm³/mol. The maximum atomic E-state index is 9.05. The van der Waals surface area contributed by atoms with Crippen LogP contribution in [0, 0.1) is 0 Å². The molecule has 0 aliphatic rings. The molecule has 20 heavy (non-hydrogen) atoms. The van der Waals surface area contributed by atoms with Crippen LogP contribution in [-0.2, 0) is 4.79 Å². The van der Waals surface area contributed by atoms with Crippen LogP contribution < -0.4 is 20.5 Å². The first-order valence-electron chi connectivity index (χ1n) is 5.90. The fourth-order valence-corrected chi connectivity index (χ4v) is 1.58.